The Morgan fingerprint density at radius 1 is 1.29 bits per heavy atom. The van der Waals surface area contributed by atoms with E-state index in [0.717, 1.165) is 19.3 Å². The zero-order valence-corrected chi connectivity index (χ0v) is 16.4. The monoisotopic (exact) mass is 411 g/mol. The Balaban J connectivity index is 1.84. The van der Waals surface area contributed by atoms with Gasteiger partial charge in [0.05, 0.1) is 17.6 Å². The molecule has 2 aromatic rings. The fraction of sp³-hybridized carbons (Fsp3) is 0.526. The van der Waals surface area contributed by atoms with Gasteiger partial charge in [0.2, 0.25) is 5.91 Å². The number of rotatable bonds is 7. The topological polar surface area (TPSA) is 73.2 Å². The van der Waals surface area contributed by atoms with Crippen molar-refractivity contribution in [3.63, 3.8) is 0 Å². The van der Waals surface area contributed by atoms with E-state index in [1.54, 1.807) is 31.2 Å². The van der Waals surface area contributed by atoms with Crippen LogP contribution >= 0.6 is 11.8 Å². The van der Waals surface area contributed by atoms with Crippen molar-refractivity contribution < 1.29 is 23.1 Å². The first-order valence-electron chi connectivity index (χ1n) is 9.33. The molecule has 1 amide bonds. The summed E-state index contributed by atoms with van der Waals surface area (Å²) in [7, 11) is 0. The summed E-state index contributed by atoms with van der Waals surface area (Å²) in [6.45, 7) is 1.76. The van der Waals surface area contributed by atoms with Gasteiger partial charge in [-0.15, -0.1) is 0 Å². The number of nitrogens with zero attached hydrogens (tertiary/aromatic N) is 2. The van der Waals surface area contributed by atoms with Gasteiger partial charge in [-0.2, -0.15) is 8.78 Å². The summed E-state index contributed by atoms with van der Waals surface area (Å²) in [6.07, 6.45) is 3.67. The smallest absolute Gasteiger partial charge is 0.331 e. The third-order valence-corrected chi connectivity index (χ3v) is 5.57. The fourth-order valence-corrected chi connectivity index (χ4v) is 4.23. The predicted octanol–water partition coefficient (Wildman–Crippen LogP) is 3.73. The third kappa shape index (κ3) is 4.45. The molecule has 1 aromatic heterocycles. The van der Waals surface area contributed by atoms with Crippen LogP contribution in [0.5, 0.6) is 0 Å². The number of hydrogen-bond donors (Lipinski definition) is 1. The summed E-state index contributed by atoms with van der Waals surface area (Å²) in [5.41, 5.74) is 0.0865. The van der Waals surface area contributed by atoms with Gasteiger partial charge in [0, 0.05) is 0 Å². The minimum absolute atomic E-state index is 0.0696. The molecule has 0 radical (unpaired) electrons. The average molecular weight is 411 g/mol. The Hall–Kier alpha value is -2.16. The Labute approximate surface area is 166 Å². The van der Waals surface area contributed by atoms with Crippen molar-refractivity contribution in [1.29, 1.82) is 0 Å². The van der Waals surface area contributed by atoms with Crippen LogP contribution < -0.4 is 5.32 Å². The van der Waals surface area contributed by atoms with Crippen LogP contribution in [0.4, 0.5) is 8.78 Å². The van der Waals surface area contributed by atoms with Crippen molar-refractivity contribution in [2.24, 2.45) is 0 Å². The number of nitrogens with one attached hydrogen (secondary N) is 1. The number of alkyl halides is 2. The van der Waals surface area contributed by atoms with Crippen molar-refractivity contribution in [3.05, 3.63) is 24.3 Å². The molecule has 0 spiro atoms. The van der Waals surface area contributed by atoms with Gasteiger partial charge in [-0.25, -0.2) is 9.78 Å². The Morgan fingerprint density at radius 2 is 2.00 bits per heavy atom. The van der Waals surface area contributed by atoms with Crippen LogP contribution in [0, 0.1) is 0 Å². The second-order valence-corrected chi connectivity index (χ2v) is 7.72. The van der Waals surface area contributed by atoms with Gasteiger partial charge in [0.25, 0.3) is 5.76 Å². The lowest BCUT2D eigenvalue weighted by molar-refractivity contribution is -0.155. The van der Waals surface area contributed by atoms with E-state index in [4.69, 9.17) is 4.74 Å². The largest absolute Gasteiger partial charge is 0.464 e. The van der Waals surface area contributed by atoms with Crippen LogP contribution in [0.2, 0.25) is 0 Å². The van der Waals surface area contributed by atoms with Crippen LogP contribution in [0.1, 0.15) is 39.0 Å². The van der Waals surface area contributed by atoms with Gasteiger partial charge >= 0.3 is 5.97 Å². The number of fused-ring (bicyclic) bond motifs is 1. The molecule has 0 bridgehead atoms. The summed E-state index contributed by atoms with van der Waals surface area (Å²) in [5.74, 6) is -3.50. The van der Waals surface area contributed by atoms with Crippen LogP contribution in [0.25, 0.3) is 11.0 Å². The van der Waals surface area contributed by atoms with Crippen molar-refractivity contribution in [3.8, 4) is 0 Å². The molecule has 1 aromatic carbocycles. The van der Waals surface area contributed by atoms with E-state index >= 15 is 0 Å². The van der Waals surface area contributed by atoms with E-state index in [-0.39, 0.29) is 18.3 Å². The summed E-state index contributed by atoms with van der Waals surface area (Å²) in [4.78, 5) is 29.5. The number of halogens is 2. The fourth-order valence-electron chi connectivity index (χ4n) is 3.63. The number of para-hydroxylation sites is 2. The van der Waals surface area contributed by atoms with Gasteiger partial charge < -0.3 is 14.6 Å². The summed E-state index contributed by atoms with van der Waals surface area (Å²) in [5, 5.41) is 2.91. The first-order chi connectivity index (χ1) is 13.4. The highest BCUT2D eigenvalue weighted by Gasteiger charge is 2.42. The molecular weight excluding hydrogens is 388 g/mol. The highest BCUT2D eigenvalue weighted by molar-refractivity contribution is 7.99. The summed E-state index contributed by atoms with van der Waals surface area (Å²) < 4.78 is 32.5. The predicted molar refractivity (Wildman–Crippen MR) is 102 cm³/mol. The van der Waals surface area contributed by atoms with Crippen molar-refractivity contribution in [1.82, 2.24) is 14.9 Å². The SMILES string of the molecule is CCOC(=O)C1(NC(=O)Cn2c(SC(F)F)nc3ccccc32)CCCCC1. The molecule has 152 valence electrons. The number of imidazole rings is 1. The molecule has 1 aliphatic rings. The van der Waals surface area contributed by atoms with E-state index in [0.29, 0.717) is 35.6 Å². The highest BCUT2D eigenvalue weighted by Crippen LogP contribution is 2.31. The number of ether oxygens (including phenoxy) is 1. The molecule has 1 saturated carbocycles. The minimum Gasteiger partial charge on any atom is -0.464 e. The molecule has 0 saturated heterocycles. The number of aromatic nitrogens is 2. The Bertz CT molecular complexity index is 850. The maximum Gasteiger partial charge on any atom is 0.331 e. The number of carbonyl (C=O) groups is 2. The second kappa shape index (κ2) is 8.89. The lowest BCUT2D eigenvalue weighted by Gasteiger charge is -2.35. The molecule has 28 heavy (non-hydrogen) atoms. The average Bonchev–Trinajstić information content (AvgIpc) is 2.99. The first kappa shape index (κ1) is 20.6. The molecule has 0 unspecified atom stereocenters. The molecule has 1 fully saturated rings. The Morgan fingerprint density at radius 3 is 2.68 bits per heavy atom. The second-order valence-electron chi connectivity index (χ2n) is 6.76. The van der Waals surface area contributed by atoms with E-state index in [1.807, 2.05) is 0 Å². The number of benzene rings is 1. The van der Waals surface area contributed by atoms with Crippen molar-refractivity contribution in [2.75, 3.05) is 6.61 Å². The number of carbonyl (C=O) groups excluding carboxylic acids is 2. The lowest BCUT2D eigenvalue weighted by atomic mass is 9.81. The maximum atomic E-state index is 12.9. The van der Waals surface area contributed by atoms with Gasteiger partial charge in [0.1, 0.15) is 12.1 Å². The van der Waals surface area contributed by atoms with E-state index < -0.39 is 23.2 Å². The Kier molecular flexibility index (Phi) is 6.53. The normalized spacial score (nSPS) is 16.3. The highest BCUT2D eigenvalue weighted by atomic mass is 32.2. The van der Waals surface area contributed by atoms with E-state index in [9.17, 15) is 18.4 Å². The molecule has 1 aliphatic carbocycles. The molecular formula is C19H23F2N3O3S. The van der Waals surface area contributed by atoms with E-state index in [2.05, 4.69) is 10.3 Å². The maximum absolute atomic E-state index is 12.9. The van der Waals surface area contributed by atoms with E-state index in [1.165, 1.54) is 4.57 Å². The van der Waals surface area contributed by atoms with Crippen molar-refractivity contribution >= 4 is 34.7 Å². The van der Waals surface area contributed by atoms with Crippen LogP contribution in [0.3, 0.4) is 0 Å². The number of thioether (sulfide) groups is 1. The van der Waals surface area contributed by atoms with Crippen LogP contribution in [-0.2, 0) is 20.9 Å². The van der Waals surface area contributed by atoms with Gasteiger partial charge in [-0.05, 0) is 43.7 Å². The molecule has 9 heteroatoms. The first-order valence-corrected chi connectivity index (χ1v) is 10.2. The minimum atomic E-state index is -2.65. The number of hydrogen-bond acceptors (Lipinski definition) is 5. The molecule has 0 aliphatic heterocycles. The zero-order valence-electron chi connectivity index (χ0n) is 15.6. The third-order valence-electron chi connectivity index (χ3n) is 4.87. The van der Waals surface area contributed by atoms with Gasteiger partial charge in [0.15, 0.2) is 5.16 Å². The van der Waals surface area contributed by atoms with Crippen LogP contribution in [0.15, 0.2) is 29.4 Å². The molecule has 0 atom stereocenters. The molecule has 3 rings (SSSR count). The number of esters is 1. The summed E-state index contributed by atoms with van der Waals surface area (Å²) >= 11 is 0.299. The van der Waals surface area contributed by atoms with Gasteiger partial charge in [-0.3, -0.25) is 4.79 Å². The van der Waals surface area contributed by atoms with Crippen molar-refractivity contribution in [2.45, 2.75) is 62.0 Å². The summed E-state index contributed by atoms with van der Waals surface area (Å²) in [6, 6.07) is 6.96. The van der Waals surface area contributed by atoms with Crippen LogP contribution in [-0.4, -0.2) is 39.3 Å². The lowest BCUT2D eigenvalue weighted by Crippen LogP contribution is -2.57. The quantitative estimate of drug-likeness (QED) is 0.555. The number of amides is 1. The van der Waals surface area contributed by atoms with Gasteiger partial charge in [-0.1, -0.05) is 31.4 Å². The molecule has 1 N–H and O–H groups in total. The molecule has 1 heterocycles. The molecule has 6 nitrogen and oxygen atoms in total. The standard InChI is InChI=1S/C19H23F2N3O3S/c1-2-27-16(26)19(10-6-3-7-11-19)23-15(25)12-24-14-9-5-4-8-13(14)22-18(24)28-17(20)21/h4-5,8-9,17H,2-3,6-7,10-12H2,1H3,(H,23,25). The zero-order chi connectivity index (χ0) is 20.1.